The fraction of sp³-hybridized carbons (Fsp3) is 0.422. The molecular formula is C45H57N13O6S. The minimum Gasteiger partial charge on any atom is -0.494 e. The number of ether oxygens (including phenoxy) is 2. The van der Waals surface area contributed by atoms with Gasteiger partial charge >= 0.3 is 0 Å². The summed E-state index contributed by atoms with van der Waals surface area (Å²) in [7, 11) is 1.48. The number of piperazine rings is 1. The van der Waals surface area contributed by atoms with Gasteiger partial charge in [-0.15, -0.1) is 11.3 Å². The average Bonchev–Trinajstić information content (AvgIpc) is 4.05. The summed E-state index contributed by atoms with van der Waals surface area (Å²) in [4.78, 5) is 72.0. The van der Waals surface area contributed by atoms with Gasteiger partial charge in [-0.3, -0.25) is 39.4 Å². The Morgan fingerprint density at radius 3 is 1.95 bits per heavy atom. The summed E-state index contributed by atoms with van der Waals surface area (Å²) < 4.78 is 17.4. The van der Waals surface area contributed by atoms with Crippen LogP contribution in [-0.2, 0) is 26.1 Å². The van der Waals surface area contributed by atoms with E-state index in [9.17, 15) is 19.2 Å². The second-order valence-corrected chi connectivity index (χ2v) is 17.3. The molecule has 0 spiro atoms. The highest BCUT2D eigenvalue weighted by molar-refractivity contribution is 7.13. The Hall–Kier alpha value is -6.64. The van der Waals surface area contributed by atoms with Gasteiger partial charge in [0.2, 0.25) is 23.7 Å². The number of thiazole rings is 1. The van der Waals surface area contributed by atoms with Crippen LogP contribution >= 0.6 is 11.3 Å². The minimum atomic E-state index is -0.658. The largest absolute Gasteiger partial charge is 0.494 e. The molecule has 19 nitrogen and oxygen atoms in total. The van der Waals surface area contributed by atoms with E-state index in [1.807, 2.05) is 39.8 Å². The van der Waals surface area contributed by atoms with Crippen LogP contribution < -0.4 is 31.6 Å². The number of carbonyl (C=O) groups excluding carboxylic acids is 4. The van der Waals surface area contributed by atoms with Crippen molar-refractivity contribution in [3.8, 4) is 11.5 Å². The highest BCUT2D eigenvalue weighted by Crippen LogP contribution is 2.33. The Morgan fingerprint density at radius 2 is 1.40 bits per heavy atom. The molecule has 2 aromatic carbocycles. The van der Waals surface area contributed by atoms with E-state index in [1.165, 1.54) is 24.5 Å². The molecule has 0 bridgehead atoms. The van der Waals surface area contributed by atoms with Crippen LogP contribution in [-0.4, -0.2) is 120 Å². The van der Waals surface area contributed by atoms with Crippen LogP contribution in [0.1, 0.15) is 91.4 Å². The van der Waals surface area contributed by atoms with Gasteiger partial charge in [0.15, 0.2) is 0 Å². The molecule has 5 heterocycles. The predicted molar refractivity (Wildman–Crippen MR) is 250 cm³/mol. The first kappa shape index (κ1) is 46.4. The predicted octanol–water partition coefficient (Wildman–Crippen LogP) is 5.00. The van der Waals surface area contributed by atoms with Gasteiger partial charge in [0, 0.05) is 69.5 Å². The van der Waals surface area contributed by atoms with Crippen molar-refractivity contribution in [1.29, 1.82) is 0 Å². The third-order valence-electron chi connectivity index (χ3n) is 11.4. The van der Waals surface area contributed by atoms with Crippen LogP contribution in [0, 0.1) is 13.8 Å². The quantitative estimate of drug-likeness (QED) is 0.0621. The summed E-state index contributed by atoms with van der Waals surface area (Å²) in [6.07, 6.45) is 5.06. The number of aryl methyl sites for hydroxylation is 4. The lowest BCUT2D eigenvalue weighted by Gasteiger charge is -2.36. The summed E-state index contributed by atoms with van der Waals surface area (Å²) in [5, 5.41) is 11.2. The van der Waals surface area contributed by atoms with Crippen LogP contribution in [0.4, 0.5) is 11.9 Å². The maximum absolute atomic E-state index is 13.9. The molecule has 4 amide bonds. The van der Waals surface area contributed by atoms with E-state index in [1.54, 1.807) is 38.1 Å². The molecule has 6 aromatic rings. The van der Waals surface area contributed by atoms with Crippen LogP contribution in [0.2, 0.25) is 0 Å². The zero-order valence-corrected chi connectivity index (χ0v) is 38.8. The Balaban J connectivity index is 1.23. The fourth-order valence-corrected chi connectivity index (χ4v) is 8.97. The number of nitrogens with one attached hydrogen (secondary N) is 2. The number of rotatable bonds is 19. The summed E-state index contributed by atoms with van der Waals surface area (Å²) in [6.45, 7) is 18.0. The number of carbonyl (C=O) groups is 4. The maximum Gasteiger partial charge on any atom is 0.276 e. The van der Waals surface area contributed by atoms with E-state index < -0.39 is 17.7 Å². The van der Waals surface area contributed by atoms with Gasteiger partial charge in [0.25, 0.3) is 11.8 Å². The third kappa shape index (κ3) is 10.2. The lowest BCUT2D eigenvalue weighted by Crippen LogP contribution is -2.49. The molecule has 0 radical (unpaired) electrons. The number of fused-ring (bicyclic) bond motifs is 2. The minimum absolute atomic E-state index is 0.182. The summed E-state index contributed by atoms with van der Waals surface area (Å²) in [6, 6.07) is 8.51. The molecule has 6 N–H and O–H groups in total. The maximum atomic E-state index is 13.9. The van der Waals surface area contributed by atoms with E-state index in [2.05, 4.69) is 44.4 Å². The molecule has 4 aromatic heterocycles. The number of nitrogens with two attached hydrogens (primary N) is 2. The van der Waals surface area contributed by atoms with Crippen molar-refractivity contribution in [3.63, 3.8) is 0 Å². The number of hydrogen-bond acceptors (Lipinski definition) is 13. The second kappa shape index (κ2) is 20.0. The van der Waals surface area contributed by atoms with Crippen molar-refractivity contribution in [2.24, 2.45) is 11.5 Å². The number of hydrogen-bond donors (Lipinski definition) is 4. The molecule has 65 heavy (non-hydrogen) atoms. The SMILES string of the molecule is CCc1nc(C)sc1C(=O)Nc1nc2cc(C(N)=O)cc(OC)c2n1C/C=C/Cn1c(NC(=O)c2cc(C)nn2CC)nc2cc(C(N)=O)cc(OCCCN3CCN(C(C)C)CC3)c21. The molecule has 7 rings (SSSR count). The molecule has 20 heteroatoms. The zero-order valence-electron chi connectivity index (χ0n) is 37.9. The van der Waals surface area contributed by atoms with Crippen molar-refractivity contribution in [1.82, 2.24) is 43.7 Å². The Morgan fingerprint density at radius 1 is 0.815 bits per heavy atom. The number of aromatic nitrogens is 7. The van der Waals surface area contributed by atoms with Gasteiger partial charge in [0.1, 0.15) is 33.1 Å². The number of primary amides is 2. The molecule has 0 unspecified atom stereocenters. The van der Waals surface area contributed by atoms with Crippen LogP contribution in [0.3, 0.4) is 0 Å². The number of imidazole rings is 2. The highest BCUT2D eigenvalue weighted by atomic mass is 32.1. The van der Waals surface area contributed by atoms with E-state index in [-0.39, 0.29) is 42.0 Å². The first-order chi connectivity index (χ1) is 31.2. The van der Waals surface area contributed by atoms with E-state index in [4.69, 9.17) is 30.9 Å². The lowest BCUT2D eigenvalue weighted by atomic mass is 10.1. The molecule has 344 valence electrons. The average molecular weight is 908 g/mol. The molecule has 1 aliphatic heterocycles. The van der Waals surface area contributed by atoms with Gasteiger partial charge in [0.05, 0.1) is 41.1 Å². The second-order valence-electron chi connectivity index (χ2n) is 16.1. The zero-order chi connectivity index (χ0) is 46.5. The molecular weight excluding hydrogens is 851 g/mol. The number of anilines is 2. The fourth-order valence-electron chi connectivity index (χ4n) is 8.07. The van der Waals surface area contributed by atoms with Crippen molar-refractivity contribution < 1.29 is 28.7 Å². The number of allylic oxidation sites excluding steroid dienone is 2. The van der Waals surface area contributed by atoms with Gasteiger partial charge in [-0.05, 0) is 77.8 Å². The van der Waals surface area contributed by atoms with Gasteiger partial charge in [-0.25, -0.2) is 15.0 Å². The van der Waals surface area contributed by atoms with Crippen LogP contribution in [0.5, 0.6) is 11.5 Å². The monoisotopic (exact) mass is 907 g/mol. The van der Waals surface area contributed by atoms with Gasteiger partial charge in [-0.1, -0.05) is 19.1 Å². The first-order valence-electron chi connectivity index (χ1n) is 21.8. The van der Waals surface area contributed by atoms with Crippen molar-refractivity contribution in [2.75, 3.05) is 57.1 Å². The van der Waals surface area contributed by atoms with E-state index in [0.717, 1.165) is 44.2 Å². The number of methoxy groups -OCH3 is 1. The number of nitrogens with zero attached hydrogens (tertiary/aromatic N) is 9. The first-order valence-corrected chi connectivity index (χ1v) is 22.6. The van der Waals surface area contributed by atoms with Crippen LogP contribution in [0.25, 0.3) is 22.1 Å². The van der Waals surface area contributed by atoms with Crippen molar-refractivity contribution in [3.05, 3.63) is 80.6 Å². The summed E-state index contributed by atoms with van der Waals surface area (Å²) in [5.74, 6) is -0.954. The molecule has 1 aliphatic rings. The molecule has 0 aliphatic carbocycles. The lowest BCUT2D eigenvalue weighted by molar-refractivity contribution is 0.0991. The summed E-state index contributed by atoms with van der Waals surface area (Å²) in [5.41, 5.74) is 15.5. The summed E-state index contributed by atoms with van der Waals surface area (Å²) >= 11 is 1.29. The van der Waals surface area contributed by atoms with Gasteiger partial charge < -0.3 is 35.0 Å². The molecule has 0 saturated carbocycles. The standard InChI is InChI=1S/C45H57N13O6S/c1-8-31-39(65-28(6)48-31)43(62)52-45-49-32-22-29(40(46)59)24-35(63-7)37(32)56(45)14-10-11-15-57-38-33(50-44(57)51-42(61)34-21-27(5)53-58(34)9-2)23-30(41(47)60)25-36(38)64-20-12-13-54-16-18-55(19-17-54)26(3)4/h10-11,21-26H,8-9,12-20H2,1-7H3,(H2,46,59)(H2,47,60)(H,49,52,62)(H,50,51,61)/b11-10+. The van der Waals surface area contributed by atoms with E-state index in [0.29, 0.717) is 81.1 Å². The molecule has 1 fully saturated rings. The normalized spacial score (nSPS) is 13.7. The van der Waals surface area contributed by atoms with Crippen molar-refractivity contribution >= 4 is 68.9 Å². The topological polar surface area (TPSA) is 236 Å². The van der Waals surface area contributed by atoms with Crippen LogP contribution in [0.15, 0.2) is 42.5 Å². The smallest absolute Gasteiger partial charge is 0.276 e. The Labute approximate surface area is 380 Å². The van der Waals surface area contributed by atoms with Crippen molar-refractivity contribution in [2.45, 2.75) is 80.1 Å². The Kier molecular flexibility index (Phi) is 14.3. The number of benzene rings is 2. The molecule has 1 saturated heterocycles. The third-order valence-corrected chi connectivity index (χ3v) is 12.4. The Bertz CT molecular complexity index is 2770. The number of amides is 4. The van der Waals surface area contributed by atoms with Gasteiger partial charge in [-0.2, -0.15) is 5.10 Å². The van der Waals surface area contributed by atoms with E-state index >= 15 is 0 Å². The molecule has 0 atom stereocenters. The highest BCUT2D eigenvalue weighted by Gasteiger charge is 2.25.